The molecule has 0 radical (unpaired) electrons. The maximum absolute atomic E-state index is 10.9. The fraction of sp³-hybridized carbons (Fsp3) is 0.931. The summed E-state index contributed by atoms with van der Waals surface area (Å²) in [4.78, 5) is 0. The Morgan fingerprint density at radius 3 is 2.35 bits per heavy atom. The Morgan fingerprint density at radius 2 is 1.65 bits per heavy atom. The molecule has 5 aliphatic rings. The molecule has 2 spiro atoms. The second-order valence-electron chi connectivity index (χ2n) is 13.6. The zero-order chi connectivity index (χ0) is 22.4. The van der Waals surface area contributed by atoms with Crippen LogP contribution in [0.4, 0.5) is 0 Å². The number of aliphatic hydroxyl groups is 2. The Bertz CT molecular complexity index is 743. The highest BCUT2D eigenvalue weighted by molar-refractivity contribution is 5.30. The van der Waals surface area contributed by atoms with Gasteiger partial charge in [-0.05, 0) is 122 Å². The lowest BCUT2D eigenvalue weighted by molar-refractivity contribution is -0.159. The number of fused-ring (bicyclic) bond motifs is 2. The quantitative estimate of drug-likeness (QED) is 0.475. The van der Waals surface area contributed by atoms with Crippen molar-refractivity contribution in [3.63, 3.8) is 0 Å². The van der Waals surface area contributed by atoms with Crippen molar-refractivity contribution in [2.75, 3.05) is 0 Å². The molecule has 10 atom stereocenters. The van der Waals surface area contributed by atoms with Gasteiger partial charge in [0, 0.05) is 0 Å². The van der Waals surface area contributed by atoms with Gasteiger partial charge >= 0.3 is 0 Å². The van der Waals surface area contributed by atoms with E-state index in [4.69, 9.17) is 0 Å². The first-order valence-electron chi connectivity index (χ1n) is 13.6. The lowest BCUT2D eigenvalue weighted by Crippen LogP contribution is -2.57. The third kappa shape index (κ3) is 2.76. The minimum Gasteiger partial charge on any atom is -0.390 e. The van der Waals surface area contributed by atoms with Gasteiger partial charge in [0.05, 0.1) is 12.2 Å². The summed E-state index contributed by atoms with van der Waals surface area (Å²) in [6.45, 7) is 16.8. The van der Waals surface area contributed by atoms with Gasteiger partial charge in [0.2, 0.25) is 0 Å². The molecule has 176 valence electrons. The lowest BCUT2D eigenvalue weighted by atomic mass is 9.43. The van der Waals surface area contributed by atoms with Gasteiger partial charge in [-0.25, -0.2) is 0 Å². The van der Waals surface area contributed by atoms with Crippen LogP contribution in [-0.2, 0) is 0 Å². The number of allylic oxidation sites excluding steroid dienone is 1. The molecular weight excluding hydrogens is 380 g/mol. The Kier molecular flexibility index (Phi) is 5.13. The molecule has 5 fully saturated rings. The predicted octanol–water partition coefficient (Wildman–Crippen LogP) is 6.75. The smallest absolute Gasteiger partial charge is 0.0832 e. The third-order valence-corrected chi connectivity index (χ3v) is 12.7. The number of rotatable bonds is 5. The van der Waals surface area contributed by atoms with E-state index in [0.717, 1.165) is 37.0 Å². The van der Waals surface area contributed by atoms with Crippen molar-refractivity contribution in [1.82, 2.24) is 0 Å². The third-order valence-electron chi connectivity index (χ3n) is 12.7. The van der Waals surface area contributed by atoms with Crippen LogP contribution in [0, 0.1) is 51.2 Å². The largest absolute Gasteiger partial charge is 0.390 e. The number of hydrogen-bond donors (Lipinski definition) is 2. The molecule has 0 aromatic heterocycles. The van der Waals surface area contributed by atoms with Crippen LogP contribution in [0.15, 0.2) is 12.2 Å². The topological polar surface area (TPSA) is 40.5 Å². The SMILES string of the molecule is C=C(CC[C@@H](C)[C@H]1CC[C@@]2(C)[C@@H]3CC[C@@H]4[C@H](O)[C@@H](O)CC[C@@]45C[C@@]35CC[C@]12C)C(C)C. The lowest BCUT2D eigenvalue weighted by Gasteiger charge is -2.62. The molecule has 5 saturated carbocycles. The van der Waals surface area contributed by atoms with Gasteiger partial charge in [-0.2, -0.15) is 0 Å². The van der Waals surface area contributed by atoms with E-state index in [1.165, 1.54) is 56.9 Å². The van der Waals surface area contributed by atoms with Gasteiger partial charge in [-0.3, -0.25) is 0 Å². The number of aliphatic hydroxyl groups excluding tert-OH is 2. The highest BCUT2D eigenvalue weighted by Crippen LogP contribution is 2.87. The molecule has 2 heteroatoms. The van der Waals surface area contributed by atoms with E-state index < -0.39 is 12.2 Å². The Balaban J connectivity index is 1.37. The van der Waals surface area contributed by atoms with Crippen molar-refractivity contribution in [1.29, 1.82) is 0 Å². The maximum Gasteiger partial charge on any atom is 0.0832 e. The highest BCUT2D eigenvalue weighted by Gasteiger charge is 2.81. The summed E-state index contributed by atoms with van der Waals surface area (Å²) in [6.07, 6.45) is 12.9. The average molecular weight is 429 g/mol. The summed E-state index contributed by atoms with van der Waals surface area (Å²) < 4.78 is 0. The van der Waals surface area contributed by atoms with Gasteiger partial charge in [0.25, 0.3) is 0 Å². The average Bonchev–Trinajstić information content (AvgIpc) is 3.31. The molecule has 2 N–H and O–H groups in total. The van der Waals surface area contributed by atoms with Crippen molar-refractivity contribution < 1.29 is 10.2 Å². The van der Waals surface area contributed by atoms with Gasteiger partial charge < -0.3 is 10.2 Å². The molecule has 0 aliphatic heterocycles. The predicted molar refractivity (Wildman–Crippen MR) is 127 cm³/mol. The van der Waals surface area contributed by atoms with Crippen LogP contribution in [0.1, 0.15) is 105 Å². The Morgan fingerprint density at radius 1 is 0.903 bits per heavy atom. The monoisotopic (exact) mass is 428 g/mol. The van der Waals surface area contributed by atoms with Gasteiger partial charge in [0.15, 0.2) is 0 Å². The molecule has 0 bridgehead atoms. The van der Waals surface area contributed by atoms with Crippen LogP contribution >= 0.6 is 0 Å². The van der Waals surface area contributed by atoms with Crippen molar-refractivity contribution in [2.45, 2.75) is 117 Å². The van der Waals surface area contributed by atoms with Gasteiger partial charge in [0.1, 0.15) is 0 Å². The zero-order valence-electron chi connectivity index (χ0n) is 20.9. The fourth-order valence-electron chi connectivity index (χ4n) is 10.5. The molecule has 0 heterocycles. The second kappa shape index (κ2) is 7.08. The molecule has 0 aromatic carbocycles. The summed E-state index contributed by atoms with van der Waals surface area (Å²) in [7, 11) is 0. The van der Waals surface area contributed by atoms with Crippen LogP contribution in [0.5, 0.6) is 0 Å². The number of hydrogen-bond acceptors (Lipinski definition) is 2. The first-order valence-corrected chi connectivity index (χ1v) is 13.6. The zero-order valence-corrected chi connectivity index (χ0v) is 20.9. The van der Waals surface area contributed by atoms with Crippen LogP contribution in [-0.4, -0.2) is 22.4 Å². The second-order valence-corrected chi connectivity index (χ2v) is 13.6. The van der Waals surface area contributed by atoms with E-state index in [0.29, 0.717) is 33.5 Å². The summed E-state index contributed by atoms with van der Waals surface area (Å²) in [5, 5.41) is 21.2. The molecule has 5 rings (SSSR count). The van der Waals surface area contributed by atoms with E-state index in [2.05, 4.69) is 41.2 Å². The summed E-state index contributed by atoms with van der Waals surface area (Å²) in [5.41, 5.74) is 3.18. The minimum absolute atomic E-state index is 0.359. The van der Waals surface area contributed by atoms with E-state index in [1.54, 1.807) is 0 Å². The molecule has 31 heavy (non-hydrogen) atoms. The first kappa shape index (κ1) is 22.5. The summed E-state index contributed by atoms with van der Waals surface area (Å²) >= 11 is 0. The fourth-order valence-corrected chi connectivity index (χ4v) is 10.5. The van der Waals surface area contributed by atoms with Crippen LogP contribution in [0.3, 0.4) is 0 Å². The maximum atomic E-state index is 10.9. The van der Waals surface area contributed by atoms with Crippen molar-refractivity contribution in [2.24, 2.45) is 51.2 Å². The van der Waals surface area contributed by atoms with E-state index in [1.807, 2.05) is 0 Å². The van der Waals surface area contributed by atoms with Crippen molar-refractivity contribution >= 4 is 0 Å². The summed E-state index contributed by atoms with van der Waals surface area (Å²) in [5.74, 6) is 3.43. The standard InChI is InChI=1S/C29H48O2/c1-18(2)19(3)7-8-20(4)21-11-13-27(6)24-10-9-22-25(31)23(30)12-14-28(22)17-29(24,28)16-15-26(21,27)5/h18,20-25,30-31H,3,7-17H2,1-2,4-6H3/t20-,21-,22-,23+,24+,25+,26-,27+,28-,29+/m1/s1. The van der Waals surface area contributed by atoms with E-state index in [9.17, 15) is 10.2 Å². The van der Waals surface area contributed by atoms with Crippen LogP contribution in [0.2, 0.25) is 0 Å². The molecule has 0 saturated heterocycles. The van der Waals surface area contributed by atoms with Crippen LogP contribution < -0.4 is 0 Å². The van der Waals surface area contributed by atoms with E-state index in [-0.39, 0.29) is 0 Å². The molecular formula is C29H48O2. The van der Waals surface area contributed by atoms with Crippen molar-refractivity contribution in [3.05, 3.63) is 12.2 Å². The highest BCUT2D eigenvalue weighted by atomic mass is 16.3. The van der Waals surface area contributed by atoms with Gasteiger partial charge in [-0.15, -0.1) is 0 Å². The minimum atomic E-state index is -0.480. The summed E-state index contributed by atoms with van der Waals surface area (Å²) in [6, 6.07) is 0. The molecule has 2 nitrogen and oxygen atoms in total. The van der Waals surface area contributed by atoms with Gasteiger partial charge in [-0.1, -0.05) is 46.8 Å². The Labute approximate surface area is 191 Å². The molecule has 0 amide bonds. The Hall–Kier alpha value is -0.340. The van der Waals surface area contributed by atoms with Crippen molar-refractivity contribution in [3.8, 4) is 0 Å². The molecule has 5 aliphatic carbocycles. The van der Waals surface area contributed by atoms with Crippen LogP contribution in [0.25, 0.3) is 0 Å². The first-order chi connectivity index (χ1) is 14.5. The molecule has 0 unspecified atom stereocenters. The van der Waals surface area contributed by atoms with E-state index >= 15 is 0 Å². The normalized spacial score (nSPS) is 53.9. The molecule has 0 aromatic rings.